The maximum absolute atomic E-state index is 14.2. The molecule has 0 saturated carbocycles. The van der Waals surface area contributed by atoms with Crippen molar-refractivity contribution < 1.29 is 23.9 Å². The summed E-state index contributed by atoms with van der Waals surface area (Å²) in [5, 5.41) is 12.0. The number of carbonyl (C=O) groups excluding carboxylic acids is 4. The summed E-state index contributed by atoms with van der Waals surface area (Å²) in [6, 6.07) is 5.96. The molecular weight excluding hydrogens is 639 g/mol. The maximum atomic E-state index is 14.2. The monoisotopic (exact) mass is 679 g/mol. The van der Waals surface area contributed by atoms with Crippen molar-refractivity contribution in [3.05, 3.63) is 52.0 Å². The number of thiazole rings is 1. The number of rotatable bonds is 4. The number of hydrogen-bond acceptors (Lipinski definition) is 10. The summed E-state index contributed by atoms with van der Waals surface area (Å²) >= 11 is 2.75. The Balaban J connectivity index is 1.35. The van der Waals surface area contributed by atoms with E-state index in [1.165, 1.54) is 23.1 Å². The van der Waals surface area contributed by atoms with E-state index in [-0.39, 0.29) is 41.8 Å². The Hall–Kier alpha value is -3.78. The summed E-state index contributed by atoms with van der Waals surface area (Å²) in [5.74, 6) is -0.360. The molecule has 0 aliphatic carbocycles. The van der Waals surface area contributed by atoms with Gasteiger partial charge in [0.15, 0.2) is 6.04 Å². The third kappa shape index (κ3) is 7.08. The maximum Gasteiger partial charge on any atom is 0.271 e. The largest absolute Gasteiger partial charge is 0.474 e. The molecule has 2 aromatic rings. The van der Waals surface area contributed by atoms with E-state index in [1.807, 2.05) is 44.2 Å². The van der Waals surface area contributed by atoms with Crippen molar-refractivity contribution in [1.29, 1.82) is 0 Å². The quantitative estimate of drug-likeness (QED) is 0.449. The molecule has 4 amide bonds. The van der Waals surface area contributed by atoms with Gasteiger partial charge < -0.3 is 25.6 Å². The van der Waals surface area contributed by atoms with E-state index in [1.54, 1.807) is 10.3 Å². The van der Waals surface area contributed by atoms with E-state index < -0.39 is 42.2 Å². The number of hydrogen-bond donors (Lipinski definition) is 3. The van der Waals surface area contributed by atoms with Gasteiger partial charge in [0.05, 0.1) is 17.1 Å². The Morgan fingerprint density at radius 3 is 2.60 bits per heavy atom. The molecule has 1 aromatic heterocycles. The zero-order chi connectivity index (χ0) is 33.2. The summed E-state index contributed by atoms with van der Waals surface area (Å²) in [7, 11) is 0. The lowest BCUT2D eigenvalue weighted by molar-refractivity contribution is -0.133. The molecule has 47 heavy (non-hydrogen) atoms. The van der Waals surface area contributed by atoms with Crippen LogP contribution in [0.25, 0.3) is 0 Å². The highest BCUT2D eigenvalue weighted by Gasteiger charge is 2.44. The van der Waals surface area contributed by atoms with E-state index in [2.05, 4.69) is 34.8 Å². The number of benzene rings is 1. The minimum absolute atomic E-state index is 0.0666. The number of aliphatic imine (C=N–C) groups is 2. The number of amides is 4. The van der Waals surface area contributed by atoms with Gasteiger partial charge in [0, 0.05) is 24.1 Å². The van der Waals surface area contributed by atoms with Crippen molar-refractivity contribution in [2.24, 2.45) is 15.9 Å². The van der Waals surface area contributed by atoms with Crippen LogP contribution in [0.3, 0.4) is 0 Å². The van der Waals surface area contributed by atoms with E-state index in [9.17, 15) is 19.2 Å². The first kappa shape index (κ1) is 33.1. The average Bonchev–Trinajstić information content (AvgIpc) is 3.89. The van der Waals surface area contributed by atoms with E-state index in [0.717, 1.165) is 18.4 Å². The lowest BCUT2D eigenvalue weighted by atomic mass is 9.99. The summed E-state index contributed by atoms with van der Waals surface area (Å²) in [5.41, 5.74) is 1.08. The normalized spacial score (nSPS) is 30.6. The van der Waals surface area contributed by atoms with Gasteiger partial charge in [-0.15, -0.1) is 23.1 Å². The van der Waals surface area contributed by atoms with Crippen LogP contribution in [-0.2, 0) is 25.5 Å². The smallest absolute Gasteiger partial charge is 0.271 e. The van der Waals surface area contributed by atoms with E-state index >= 15 is 0 Å². The molecule has 3 unspecified atom stereocenters. The molecule has 6 rings (SSSR count). The fourth-order valence-corrected chi connectivity index (χ4v) is 8.35. The first-order chi connectivity index (χ1) is 22.6. The van der Waals surface area contributed by atoms with Gasteiger partial charge in [0.2, 0.25) is 23.6 Å². The highest BCUT2D eigenvalue weighted by atomic mass is 32.2. The van der Waals surface area contributed by atoms with Gasteiger partial charge in [0.25, 0.3) is 5.91 Å². The Morgan fingerprint density at radius 2 is 1.83 bits per heavy atom. The fourth-order valence-electron chi connectivity index (χ4n) is 6.31. The van der Waals surface area contributed by atoms with Crippen LogP contribution in [-0.4, -0.2) is 93.1 Å². The molecule has 6 bridgehead atoms. The summed E-state index contributed by atoms with van der Waals surface area (Å²) in [4.78, 5) is 70.6. The van der Waals surface area contributed by atoms with Crippen LogP contribution in [0, 0.1) is 5.92 Å². The molecule has 8 atom stereocenters. The van der Waals surface area contributed by atoms with Crippen molar-refractivity contribution >= 4 is 57.7 Å². The van der Waals surface area contributed by atoms with Crippen LogP contribution in [0.2, 0.25) is 0 Å². The van der Waals surface area contributed by atoms with Crippen LogP contribution in [0.1, 0.15) is 74.1 Å². The molecule has 1 aromatic carbocycles. The molecule has 1 fully saturated rings. The number of fused-ring (bicyclic) bond motifs is 6. The second-order valence-corrected chi connectivity index (χ2v) is 14.5. The van der Waals surface area contributed by atoms with Gasteiger partial charge >= 0.3 is 0 Å². The molecule has 4 aliphatic rings. The van der Waals surface area contributed by atoms with Gasteiger partial charge in [-0.05, 0) is 38.2 Å². The zero-order valence-corrected chi connectivity index (χ0v) is 28.6. The SMILES string of the molecule is CCC(C)C1NC(=O)[C@H]2N=C(O[C@@H]2C)[C@@H]2CCCN2C(=O)[C@H](Cc2ccccc2)NC(=O)c2csc(n2)C(C)NC(=O)[C@@H]2CSC1=N2. The predicted molar refractivity (Wildman–Crippen MR) is 182 cm³/mol. The van der Waals surface area contributed by atoms with Crippen LogP contribution in [0.5, 0.6) is 0 Å². The van der Waals surface area contributed by atoms with Gasteiger partial charge in [-0.1, -0.05) is 50.6 Å². The zero-order valence-electron chi connectivity index (χ0n) is 27.0. The topological polar surface area (TPSA) is 154 Å². The minimum atomic E-state index is -0.872. The number of thioether (sulfide) groups is 1. The third-order valence-corrected chi connectivity index (χ3v) is 11.4. The Morgan fingerprint density at radius 1 is 1.04 bits per heavy atom. The molecule has 0 radical (unpaired) electrons. The first-order valence-electron chi connectivity index (χ1n) is 16.3. The van der Waals surface area contributed by atoms with E-state index in [0.29, 0.717) is 34.7 Å². The van der Waals surface area contributed by atoms with E-state index in [4.69, 9.17) is 14.7 Å². The van der Waals surface area contributed by atoms with Crippen molar-refractivity contribution in [2.75, 3.05) is 12.3 Å². The second-order valence-electron chi connectivity index (χ2n) is 12.6. The molecular formula is C33H41N7O5S2. The van der Waals surface area contributed by atoms with Gasteiger partial charge in [-0.2, -0.15) is 0 Å². The standard InChI is InChI=1S/C33H41N7O5S2/c1-5-17(2)25-32-37-22(16-47-32)27(41)34-18(3)31-36-23(15-46-31)28(42)35-21(14-20-10-7-6-8-11-20)33(44)40-13-9-12-24(40)30-39-26(19(4)45-30)29(43)38-25/h6-8,10-11,15,17-19,21-22,24-26H,5,9,12-14,16H2,1-4H3,(H,34,41)(H,35,42)(H,38,43)/t17?,18?,19-,21+,22+,24+,25?,26+/m1/s1. The minimum Gasteiger partial charge on any atom is -0.474 e. The molecule has 12 nitrogen and oxygen atoms in total. The van der Waals surface area contributed by atoms with Crippen molar-refractivity contribution in [3.63, 3.8) is 0 Å². The highest BCUT2D eigenvalue weighted by Crippen LogP contribution is 2.29. The van der Waals surface area contributed by atoms with Crippen LogP contribution in [0.15, 0.2) is 45.7 Å². The van der Waals surface area contributed by atoms with Gasteiger partial charge in [-0.25, -0.2) is 9.98 Å². The van der Waals surface area contributed by atoms with Crippen LogP contribution in [0.4, 0.5) is 0 Å². The molecule has 3 N–H and O–H groups in total. The number of aromatic nitrogens is 1. The summed E-state index contributed by atoms with van der Waals surface area (Å²) in [6.07, 6.45) is 1.92. The average molecular weight is 680 g/mol. The molecule has 0 spiro atoms. The number of carbonyl (C=O) groups is 4. The number of nitrogens with zero attached hydrogens (tertiary/aromatic N) is 4. The summed E-state index contributed by atoms with van der Waals surface area (Å²) in [6.45, 7) is 8.21. The lowest BCUT2D eigenvalue weighted by Crippen LogP contribution is -2.52. The van der Waals surface area contributed by atoms with Crippen LogP contribution >= 0.6 is 23.1 Å². The highest BCUT2D eigenvalue weighted by molar-refractivity contribution is 8.14. The van der Waals surface area contributed by atoms with Gasteiger partial charge in [0.1, 0.15) is 34.9 Å². The Kier molecular flexibility index (Phi) is 9.97. The third-order valence-electron chi connectivity index (χ3n) is 9.23. The molecule has 250 valence electrons. The lowest BCUT2D eigenvalue weighted by Gasteiger charge is -2.29. The van der Waals surface area contributed by atoms with Crippen molar-refractivity contribution in [2.45, 2.75) is 95.7 Å². The fraction of sp³-hybridized carbons (Fsp3) is 0.545. The predicted octanol–water partition coefficient (Wildman–Crippen LogP) is 2.90. The Labute approximate surface area is 282 Å². The van der Waals surface area contributed by atoms with Gasteiger partial charge in [-0.3, -0.25) is 24.2 Å². The van der Waals surface area contributed by atoms with Crippen molar-refractivity contribution in [3.8, 4) is 0 Å². The molecule has 4 aliphatic heterocycles. The Bertz CT molecular complexity index is 1580. The molecule has 1 saturated heterocycles. The molecule has 5 heterocycles. The number of ether oxygens (including phenoxy) is 1. The summed E-state index contributed by atoms with van der Waals surface area (Å²) < 4.78 is 6.18. The number of nitrogens with one attached hydrogen (secondary N) is 3. The molecule has 14 heteroatoms. The van der Waals surface area contributed by atoms with Crippen molar-refractivity contribution in [1.82, 2.24) is 25.8 Å². The first-order valence-corrected chi connectivity index (χ1v) is 18.2. The van der Waals surface area contributed by atoms with Crippen LogP contribution < -0.4 is 16.0 Å². The second kappa shape index (κ2) is 14.1.